The standard InChI is InChI=1S/C20H32N6O2.HI/c1-6-21-20(25(3)14-19-23-15-24-26(19)4)22-12-8-9-16-10-11-17(27-5)18(13-16)28-7-2;/h10-11,13,15H,6-9,12,14H2,1-5H3,(H,21,22);1H. The molecule has 162 valence electrons. The number of aliphatic imine (C=N–C) groups is 1. The van der Waals surface area contributed by atoms with Crippen molar-refractivity contribution in [1.29, 1.82) is 0 Å². The van der Waals surface area contributed by atoms with E-state index >= 15 is 0 Å². The van der Waals surface area contributed by atoms with Gasteiger partial charge in [-0.2, -0.15) is 5.10 Å². The lowest BCUT2D eigenvalue weighted by molar-refractivity contribution is 0.310. The van der Waals surface area contributed by atoms with Gasteiger partial charge in [0.25, 0.3) is 0 Å². The molecule has 1 aromatic carbocycles. The number of nitrogens with zero attached hydrogens (tertiary/aromatic N) is 5. The minimum Gasteiger partial charge on any atom is -0.493 e. The van der Waals surface area contributed by atoms with Gasteiger partial charge in [-0.15, -0.1) is 24.0 Å². The molecule has 0 atom stereocenters. The Morgan fingerprint density at radius 1 is 1.28 bits per heavy atom. The number of benzene rings is 1. The van der Waals surface area contributed by atoms with Crippen molar-refractivity contribution in [2.75, 3.05) is 33.9 Å². The second-order valence-corrected chi connectivity index (χ2v) is 6.41. The van der Waals surface area contributed by atoms with Gasteiger partial charge in [-0.05, 0) is 44.4 Å². The van der Waals surface area contributed by atoms with Gasteiger partial charge in [0.1, 0.15) is 12.2 Å². The lowest BCUT2D eigenvalue weighted by atomic mass is 10.1. The fraction of sp³-hybridized carbons (Fsp3) is 0.550. The highest BCUT2D eigenvalue weighted by Crippen LogP contribution is 2.28. The highest BCUT2D eigenvalue weighted by atomic mass is 127. The average Bonchev–Trinajstić information content (AvgIpc) is 3.09. The van der Waals surface area contributed by atoms with Crippen molar-refractivity contribution >= 4 is 29.9 Å². The maximum Gasteiger partial charge on any atom is 0.194 e. The van der Waals surface area contributed by atoms with Crippen LogP contribution in [0.1, 0.15) is 31.7 Å². The maximum absolute atomic E-state index is 5.65. The van der Waals surface area contributed by atoms with Gasteiger partial charge in [-0.1, -0.05) is 6.07 Å². The number of halogens is 1. The molecule has 8 nitrogen and oxygen atoms in total. The minimum atomic E-state index is 0. The van der Waals surface area contributed by atoms with Crippen LogP contribution in [0.4, 0.5) is 0 Å². The van der Waals surface area contributed by atoms with Crippen molar-refractivity contribution in [1.82, 2.24) is 25.0 Å². The number of guanidine groups is 1. The van der Waals surface area contributed by atoms with Crippen LogP contribution in [0.5, 0.6) is 11.5 Å². The first-order chi connectivity index (χ1) is 13.6. The molecule has 0 radical (unpaired) electrons. The molecule has 0 bridgehead atoms. The van der Waals surface area contributed by atoms with E-state index in [1.165, 1.54) is 5.56 Å². The fourth-order valence-corrected chi connectivity index (χ4v) is 2.83. The van der Waals surface area contributed by atoms with Crippen LogP contribution in [0, 0.1) is 0 Å². The first kappa shape index (κ1) is 25.0. The van der Waals surface area contributed by atoms with Crippen molar-refractivity contribution in [2.24, 2.45) is 12.0 Å². The Kier molecular flexibility index (Phi) is 11.4. The van der Waals surface area contributed by atoms with Crippen molar-refractivity contribution in [3.8, 4) is 11.5 Å². The predicted octanol–water partition coefficient (Wildman–Crippen LogP) is 2.87. The fourth-order valence-electron chi connectivity index (χ4n) is 2.83. The molecule has 1 heterocycles. The highest BCUT2D eigenvalue weighted by Gasteiger charge is 2.10. The summed E-state index contributed by atoms with van der Waals surface area (Å²) in [5.74, 6) is 3.33. The van der Waals surface area contributed by atoms with Gasteiger partial charge in [-0.25, -0.2) is 4.98 Å². The number of ether oxygens (including phenoxy) is 2. The van der Waals surface area contributed by atoms with Crippen LogP contribution in [-0.2, 0) is 20.0 Å². The molecule has 0 unspecified atom stereocenters. The quantitative estimate of drug-likeness (QED) is 0.227. The normalized spacial score (nSPS) is 11.0. The molecule has 0 aliphatic carbocycles. The van der Waals surface area contributed by atoms with Gasteiger partial charge in [-0.3, -0.25) is 9.67 Å². The van der Waals surface area contributed by atoms with E-state index in [9.17, 15) is 0 Å². The smallest absolute Gasteiger partial charge is 0.194 e. The predicted molar refractivity (Wildman–Crippen MR) is 126 cm³/mol. The topological polar surface area (TPSA) is 76.8 Å². The van der Waals surface area contributed by atoms with Crippen molar-refractivity contribution in [3.63, 3.8) is 0 Å². The van der Waals surface area contributed by atoms with Crippen molar-refractivity contribution in [3.05, 3.63) is 35.9 Å². The Morgan fingerprint density at radius 2 is 2.07 bits per heavy atom. The van der Waals surface area contributed by atoms with Crippen LogP contribution >= 0.6 is 24.0 Å². The van der Waals surface area contributed by atoms with Crippen LogP contribution in [-0.4, -0.2) is 59.5 Å². The van der Waals surface area contributed by atoms with E-state index in [-0.39, 0.29) is 24.0 Å². The number of hydrogen-bond donors (Lipinski definition) is 1. The summed E-state index contributed by atoms with van der Waals surface area (Å²) in [7, 11) is 5.56. The zero-order valence-electron chi connectivity index (χ0n) is 18.0. The molecular weight excluding hydrogens is 483 g/mol. The largest absolute Gasteiger partial charge is 0.493 e. The highest BCUT2D eigenvalue weighted by molar-refractivity contribution is 14.0. The molecule has 0 saturated carbocycles. The lowest BCUT2D eigenvalue weighted by Crippen LogP contribution is -2.39. The van der Waals surface area contributed by atoms with Crippen molar-refractivity contribution < 1.29 is 9.47 Å². The summed E-state index contributed by atoms with van der Waals surface area (Å²) >= 11 is 0. The average molecular weight is 516 g/mol. The first-order valence-corrected chi connectivity index (χ1v) is 9.71. The number of rotatable bonds is 10. The molecule has 2 aromatic rings. The molecular formula is C20H33IN6O2. The Morgan fingerprint density at radius 3 is 2.69 bits per heavy atom. The van der Waals surface area contributed by atoms with Gasteiger partial charge in [0.15, 0.2) is 17.5 Å². The molecule has 0 aliphatic rings. The Hall–Kier alpha value is -2.04. The molecule has 1 aromatic heterocycles. The second kappa shape index (κ2) is 13.2. The molecule has 0 aliphatic heterocycles. The second-order valence-electron chi connectivity index (χ2n) is 6.41. The number of aryl methyl sites for hydroxylation is 2. The van der Waals surface area contributed by atoms with E-state index in [1.807, 2.05) is 27.1 Å². The summed E-state index contributed by atoms with van der Waals surface area (Å²) in [6, 6.07) is 6.09. The van der Waals surface area contributed by atoms with Gasteiger partial charge in [0.05, 0.1) is 20.3 Å². The summed E-state index contributed by atoms with van der Waals surface area (Å²) in [6.07, 6.45) is 3.45. The molecule has 0 saturated heterocycles. The summed E-state index contributed by atoms with van der Waals surface area (Å²) in [6.45, 7) is 6.87. The van der Waals surface area contributed by atoms with E-state index in [0.717, 1.165) is 49.2 Å². The van der Waals surface area contributed by atoms with Crippen LogP contribution in [0.2, 0.25) is 0 Å². The molecule has 1 N–H and O–H groups in total. The van der Waals surface area contributed by atoms with Gasteiger partial charge >= 0.3 is 0 Å². The summed E-state index contributed by atoms with van der Waals surface area (Å²) in [4.78, 5) is 11.1. The number of methoxy groups -OCH3 is 1. The third-order valence-electron chi connectivity index (χ3n) is 4.29. The molecule has 29 heavy (non-hydrogen) atoms. The van der Waals surface area contributed by atoms with Crippen molar-refractivity contribution in [2.45, 2.75) is 33.2 Å². The van der Waals surface area contributed by atoms with Crippen LogP contribution in [0.3, 0.4) is 0 Å². The molecule has 0 amide bonds. The Balaban J connectivity index is 0.00000420. The van der Waals surface area contributed by atoms with Gasteiger partial charge in [0, 0.05) is 27.2 Å². The maximum atomic E-state index is 5.65. The van der Waals surface area contributed by atoms with Crippen LogP contribution in [0.15, 0.2) is 29.5 Å². The number of hydrogen-bond acceptors (Lipinski definition) is 5. The van der Waals surface area contributed by atoms with E-state index in [0.29, 0.717) is 13.2 Å². The van der Waals surface area contributed by atoms with E-state index < -0.39 is 0 Å². The zero-order valence-corrected chi connectivity index (χ0v) is 20.3. The van der Waals surface area contributed by atoms with E-state index in [4.69, 9.17) is 14.5 Å². The van der Waals surface area contributed by atoms with Crippen LogP contribution < -0.4 is 14.8 Å². The summed E-state index contributed by atoms with van der Waals surface area (Å²) < 4.78 is 12.8. The van der Waals surface area contributed by atoms with Gasteiger partial charge in [0.2, 0.25) is 0 Å². The third kappa shape index (κ3) is 7.71. The van der Waals surface area contributed by atoms with Crippen LogP contribution in [0.25, 0.3) is 0 Å². The number of nitrogens with one attached hydrogen (secondary N) is 1. The molecule has 9 heteroatoms. The Labute approximate surface area is 190 Å². The lowest BCUT2D eigenvalue weighted by Gasteiger charge is -2.21. The Bertz CT molecular complexity index is 765. The zero-order chi connectivity index (χ0) is 20.4. The third-order valence-corrected chi connectivity index (χ3v) is 4.29. The summed E-state index contributed by atoms with van der Waals surface area (Å²) in [5.41, 5.74) is 1.22. The first-order valence-electron chi connectivity index (χ1n) is 9.71. The SMILES string of the molecule is CCNC(=NCCCc1ccc(OC)c(OCC)c1)N(C)Cc1ncnn1C.I. The molecule has 0 spiro atoms. The molecule has 2 rings (SSSR count). The summed E-state index contributed by atoms with van der Waals surface area (Å²) in [5, 5.41) is 7.45. The number of aromatic nitrogens is 3. The van der Waals surface area contributed by atoms with E-state index in [2.05, 4.69) is 39.4 Å². The monoisotopic (exact) mass is 516 g/mol. The molecule has 0 fully saturated rings. The van der Waals surface area contributed by atoms with Gasteiger partial charge < -0.3 is 19.7 Å². The van der Waals surface area contributed by atoms with E-state index in [1.54, 1.807) is 18.1 Å². The minimum absolute atomic E-state index is 0.